The maximum Gasteiger partial charge on any atom is 0.327 e. The Kier molecular flexibility index (Phi) is 5.24. The first-order chi connectivity index (χ1) is 10.0. The maximum atomic E-state index is 12.3. The van der Waals surface area contributed by atoms with E-state index in [-0.39, 0.29) is 18.4 Å². The van der Waals surface area contributed by atoms with Crippen molar-refractivity contribution in [3.63, 3.8) is 0 Å². The number of nitrogens with zero attached hydrogens (tertiary/aromatic N) is 2. The van der Waals surface area contributed by atoms with Gasteiger partial charge in [-0.1, -0.05) is 6.07 Å². The number of amides is 2. The molecule has 0 spiro atoms. The van der Waals surface area contributed by atoms with Gasteiger partial charge in [0.25, 0.3) is 5.91 Å². The van der Waals surface area contributed by atoms with Crippen LogP contribution in [0.4, 0.5) is 0 Å². The van der Waals surface area contributed by atoms with Crippen molar-refractivity contribution in [1.29, 1.82) is 0 Å². The second-order valence-corrected chi connectivity index (χ2v) is 6.75. The molecule has 1 atom stereocenters. The van der Waals surface area contributed by atoms with Crippen molar-refractivity contribution < 1.29 is 19.5 Å². The van der Waals surface area contributed by atoms with Gasteiger partial charge in [0.1, 0.15) is 6.04 Å². The van der Waals surface area contributed by atoms with Gasteiger partial charge >= 0.3 is 5.97 Å². The normalized spacial score (nSPS) is 18.3. The Morgan fingerprint density at radius 1 is 1.48 bits per heavy atom. The lowest BCUT2D eigenvalue weighted by atomic mass is 10.2. The first-order valence-corrected chi connectivity index (χ1v) is 8.43. The zero-order valence-electron chi connectivity index (χ0n) is 11.5. The number of aliphatic carboxylic acids is 1. The number of thioether (sulfide) groups is 1. The van der Waals surface area contributed by atoms with E-state index in [1.54, 1.807) is 24.6 Å². The van der Waals surface area contributed by atoms with Crippen molar-refractivity contribution in [2.45, 2.75) is 6.04 Å². The molecule has 0 bridgehead atoms. The fraction of sp³-hybridized carbons (Fsp3) is 0.462. The van der Waals surface area contributed by atoms with Gasteiger partial charge in [-0.3, -0.25) is 9.59 Å². The number of carbonyl (C=O) groups excluding carboxylic acids is 2. The van der Waals surface area contributed by atoms with Gasteiger partial charge in [0.2, 0.25) is 5.91 Å². The van der Waals surface area contributed by atoms with Crippen LogP contribution in [0.3, 0.4) is 0 Å². The molecule has 1 fully saturated rings. The molecule has 8 heteroatoms. The number of thiophene rings is 1. The Labute approximate surface area is 130 Å². The quantitative estimate of drug-likeness (QED) is 0.886. The van der Waals surface area contributed by atoms with Crippen LogP contribution in [0, 0.1) is 0 Å². The van der Waals surface area contributed by atoms with Gasteiger partial charge in [-0.05, 0) is 11.4 Å². The van der Waals surface area contributed by atoms with Crippen LogP contribution >= 0.6 is 23.1 Å². The third kappa shape index (κ3) is 3.76. The Morgan fingerprint density at radius 3 is 2.86 bits per heavy atom. The predicted molar refractivity (Wildman–Crippen MR) is 81.7 cm³/mol. The first kappa shape index (κ1) is 15.8. The molecule has 0 aromatic carbocycles. The minimum atomic E-state index is -0.997. The second kappa shape index (κ2) is 6.95. The molecular weight excluding hydrogens is 312 g/mol. The summed E-state index contributed by atoms with van der Waals surface area (Å²) in [5.74, 6) is -0.434. The van der Waals surface area contributed by atoms with Crippen LogP contribution in [-0.4, -0.2) is 70.4 Å². The van der Waals surface area contributed by atoms with E-state index in [0.717, 1.165) is 5.75 Å². The highest BCUT2D eigenvalue weighted by Gasteiger charge is 2.33. The Balaban J connectivity index is 1.99. The zero-order chi connectivity index (χ0) is 15.4. The van der Waals surface area contributed by atoms with E-state index in [0.29, 0.717) is 17.2 Å². The van der Waals surface area contributed by atoms with Crippen molar-refractivity contribution in [2.75, 3.05) is 31.6 Å². The van der Waals surface area contributed by atoms with E-state index in [2.05, 4.69) is 0 Å². The summed E-state index contributed by atoms with van der Waals surface area (Å²) in [5, 5.41) is 11.0. The summed E-state index contributed by atoms with van der Waals surface area (Å²) in [4.78, 5) is 38.8. The number of likely N-dealkylation sites (N-methyl/N-ethyl adjacent to an activating group) is 1. The number of carboxylic acids is 1. The molecule has 1 N–H and O–H groups in total. The summed E-state index contributed by atoms with van der Waals surface area (Å²) in [7, 11) is 1.55. The monoisotopic (exact) mass is 328 g/mol. The molecule has 2 rings (SSSR count). The van der Waals surface area contributed by atoms with Gasteiger partial charge < -0.3 is 14.9 Å². The molecule has 1 aromatic rings. The van der Waals surface area contributed by atoms with Gasteiger partial charge in [-0.25, -0.2) is 4.79 Å². The molecule has 1 aromatic heterocycles. The molecule has 1 aliphatic heterocycles. The number of carboxylic acid groups (broad SMARTS) is 1. The molecule has 114 valence electrons. The lowest BCUT2D eigenvalue weighted by Crippen LogP contribution is -2.53. The molecule has 2 amide bonds. The van der Waals surface area contributed by atoms with Crippen LogP contribution in [0.25, 0.3) is 0 Å². The summed E-state index contributed by atoms with van der Waals surface area (Å²) in [6, 6.07) is 2.67. The lowest BCUT2D eigenvalue weighted by molar-refractivity contribution is -0.149. The largest absolute Gasteiger partial charge is 0.480 e. The molecule has 2 heterocycles. The zero-order valence-corrected chi connectivity index (χ0v) is 13.2. The van der Waals surface area contributed by atoms with Crippen LogP contribution in [0.2, 0.25) is 0 Å². The van der Waals surface area contributed by atoms with E-state index < -0.39 is 12.0 Å². The SMILES string of the molecule is CN(CC(=O)N1CCSCC1C(=O)O)C(=O)c1cccs1. The number of hydrogen-bond acceptors (Lipinski definition) is 5. The Hall–Kier alpha value is -1.54. The third-order valence-corrected chi connectivity index (χ3v) is 5.07. The topological polar surface area (TPSA) is 77.9 Å². The van der Waals surface area contributed by atoms with E-state index in [4.69, 9.17) is 5.11 Å². The molecule has 0 aliphatic carbocycles. The van der Waals surface area contributed by atoms with E-state index in [1.807, 2.05) is 0 Å². The van der Waals surface area contributed by atoms with Crippen molar-refractivity contribution in [1.82, 2.24) is 9.80 Å². The highest BCUT2D eigenvalue weighted by atomic mass is 32.2. The first-order valence-electron chi connectivity index (χ1n) is 6.39. The molecule has 1 aliphatic rings. The summed E-state index contributed by atoms with van der Waals surface area (Å²) in [6.45, 7) is 0.298. The molecule has 21 heavy (non-hydrogen) atoms. The molecule has 0 radical (unpaired) electrons. The lowest BCUT2D eigenvalue weighted by Gasteiger charge is -2.33. The van der Waals surface area contributed by atoms with Crippen molar-refractivity contribution >= 4 is 40.9 Å². The highest BCUT2D eigenvalue weighted by Crippen LogP contribution is 2.17. The van der Waals surface area contributed by atoms with Crippen LogP contribution in [0.5, 0.6) is 0 Å². The number of carbonyl (C=O) groups is 3. The van der Waals surface area contributed by atoms with E-state index >= 15 is 0 Å². The van der Waals surface area contributed by atoms with Crippen molar-refractivity contribution in [2.24, 2.45) is 0 Å². The average molecular weight is 328 g/mol. The molecule has 1 unspecified atom stereocenters. The smallest absolute Gasteiger partial charge is 0.327 e. The van der Waals surface area contributed by atoms with Crippen LogP contribution in [0.1, 0.15) is 9.67 Å². The fourth-order valence-electron chi connectivity index (χ4n) is 2.06. The van der Waals surface area contributed by atoms with E-state index in [1.165, 1.54) is 32.9 Å². The third-order valence-electron chi connectivity index (χ3n) is 3.18. The van der Waals surface area contributed by atoms with Gasteiger partial charge in [0.15, 0.2) is 0 Å². The highest BCUT2D eigenvalue weighted by molar-refractivity contribution is 7.99. The van der Waals surface area contributed by atoms with Gasteiger partial charge in [0, 0.05) is 25.1 Å². The molecule has 0 saturated carbocycles. The second-order valence-electron chi connectivity index (χ2n) is 4.65. The number of rotatable bonds is 4. The summed E-state index contributed by atoms with van der Waals surface area (Å²) >= 11 is 2.84. The summed E-state index contributed by atoms with van der Waals surface area (Å²) in [6.07, 6.45) is 0. The Morgan fingerprint density at radius 2 is 2.24 bits per heavy atom. The van der Waals surface area contributed by atoms with Crippen molar-refractivity contribution in [3.8, 4) is 0 Å². The van der Waals surface area contributed by atoms with E-state index in [9.17, 15) is 14.4 Å². The molecule has 1 saturated heterocycles. The predicted octanol–water partition coefficient (Wildman–Crippen LogP) is 0.849. The minimum Gasteiger partial charge on any atom is -0.480 e. The van der Waals surface area contributed by atoms with Gasteiger partial charge in [0.05, 0.1) is 11.4 Å². The molecular formula is C13H16N2O4S2. The van der Waals surface area contributed by atoms with Crippen LogP contribution in [-0.2, 0) is 9.59 Å². The standard InChI is InChI=1S/C13H16N2O4S2/c1-14(12(17)10-3-2-5-21-10)7-11(16)15-4-6-20-8-9(15)13(18)19/h2-3,5,9H,4,6-8H2,1H3,(H,18,19). The summed E-state index contributed by atoms with van der Waals surface area (Å²) < 4.78 is 0. The Bertz CT molecular complexity index is 532. The maximum absolute atomic E-state index is 12.3. The summed E-state index contributed by atoms with van der Waals surface area (Å²) in [5.41, 5.74) is 0. The minimum absolute atomic E-state index is 0.106. The fourth-order valence-corrected chi connectivity index (χ4v) is 3.82. The van der Waals surface area contributed by atoms with Gasteiger partial charge in [-0.2, -0.15) is 11.8 Å². The number of hydrogen-bond donors (Lipinski definition) is 1. The van der Waals surface area contributed by atoms with Crippen LogP contribution < -0.4 is 0 Å². The van der Waals surface area contributed by atoms with Crippen LogP contribution in [0.15, 0.2) is 17.5 Å². The van der Waals surface area contributed by atoms with Crippen molar-refractivity contribution in [3.05, 3.63) is 22.4 Å². The van der Waals surface area contributed by atoms with Gasteiger partial charge in [-0.15, -0.1) is 11.3 Å². The average Bonchev–Trinajstić information content (AvgIpc) is 3.00. The molecule has 6 nitrogen and oxygen atoms in total.